The maximum atomic E-state index is 12.1. The molecular formula is C15H21NO4. The van der Waals surface area contributed by atoms with Crippen LogP contribution in [-0.2, 0) is 19.1 Å². The summed E-state index contributed by atoms with van der Waals surface area (Å²) < 4.78 is 5.15. The number of hydrogen-bond acceptors (Lipinski definition) is 4. The number of imide groups is 1. The standard InChI is InChI=1S/C15H21NO4/c1-9(2)7-10-13(15(10,3)4)14(19)20-8-16-11(17)5-6-12(16)18/h7,10,13H,5-6,8H2,1-4H3/t10-,13+/m1/s1. The Balaban J connectivity index is 1.92. The lowest BCUT2D eigenvalue weighted by atomic mass is 10.1. The Morgan fingerprint density at radius 3 is 2.35 bits per heavy atom. The molecule has 2 aliphatic rings. The van der Waals surface area contributed by atoms with Crippen LogP contribution in [-0.4, -0.2) is 29.4 Å². The second-order valence-electron chi connectivity index (χ2n) is 6.38. The summed E-state index contributed by atoms with van der Waals surface area (Å²) in [5.41, 5.74) is 1.05. The van der Waals surface area contributed by atoms with Gasteiger partial charge in [-0.05, 0) is 25.2 Å². The van der Waals surface area contributed by atoms with E-state index in [9.17, 15) is 14.4 Å². The Bertz CT molecular complexity index is 472. The molecule has 0 aromatic carbocycles. The van der Waals surface area contributed by atoms with E-state index in [2.05, 4.69) is 6.08 Å². The Kier molecular flexibility index (Phi) is 3.71. The number of carbonyl (C=O) groups is 3. The van der Waals surface area contributed by atoms with Gasteiger partial charge in [-0.2, -0.15) is 0 Å². The van der Waals surface area contributed by atoms with Gasteiger partial charge in [0.25, 0.3) is 0 Å². The highest BCUT2D eigenvalue weighted by Crippen LogP contribution is 2.59. The predicted molar refractivity (Wildman–Crippen MR) is 72.2 cm³/mol. The number of allylic oxidation sites excluding steroid dienone is 2. The molecule has 0 unspecified atom stereocenters. The molecule has 1 heterocycles. The molecule has 5 nitrogen and oxygen atoms in total. The van der Waals surface area contributed by atoms with Gasteiger partial charge in [-0.3, -0.25) is 14.4 Å². The predicted octanol–water partition coefficient (Wildman–Crippen LogP) is 1.87. The third kappa shape index (κ3) is 2.62. The van der Waals surface area contributed by atoms with E-state index >= 15 is 0 Å². The number of likely N-dealkylation sites (tertiary alicyclic amines) is 1. The van der Waals surface area contributed by atoms with Crippen molar-refractivity contribution in [3.8, 4) is 0 Å². The van der Waals surface area contributed by atoms with Crippen LogP contribution in [0.2, 0.25) is 0 Å². The van der Waals surface area contributed by atoms with Crippen molar-refractivity contribution in [2.24, 2.45) is 17.3 Å². The Labute approximate surface area is 119 Å². The molecule has 0 radical (unpaired) electrons. The molecule has 1 aliphatic heterocycles. The molecule has 0 aromatic heterocycles. The molecule has 0 bridgehead atoms. The van der Waals surface area contributed by atoms with E-state index in [-0.39, 0.29) is 54.6 Å². The van der Waals surface area contributed by atoms with Crippen molar-refractivity contribution in [1.29, 1.82) is 0 Å². The van der Waals surface area contributed by atoms with Crippen LogP contribution in [0.4, 0.5) is 0 Å². The molecule has 0 aromatic rings. The summed E-state index contributed by atoms with van der Waals surface area (Å²) >= 11 is 0. The van der Waals surface area contributed by atoms with Crippen LogP contribution in [0.5, 0.6) is 0 Å². The molecular weight excluding hydrogens is 258 g/mol. The van der Waals surface area contributed by atoms with E-state index < -0.39 is 0 Å². The monoisotopic (exact) mass is 279 g/mol. The maximum absolute atomic E-state index is 12.1. The molecule has 0 spiro atoms. The van der Waals surface area contributed by atoms with Crippen LogP contribution in [0.15, 0.2) is 11.6 Å². The fourth-order valence-corrected chi connectivity index (χ4v) is 2.78. The van der Waals surface area contributed by atoms with Gasteiger partial charge >= 0.3 is 5.97 Å². The minimum absolute atomic E-state index is 0.118. The number of nitrogens with zero attached hydrogens (tertiary/aromatic N) is 1. The van der Waals surface area contributed by atoms with Crippen molar-refractivity contribution >= 4 is 17.8 Å². The zero-order valence-corrected chi connectivity index (χ0v) is 12.4. The summed E-state index contributed by atoms with van der Waals surface area (Å²) in [7, 11) is 0. The van der Waals surface area contributed by atoms with Crippen LogP contribution in [0, 0.1) is 17.3 Å². The topological polar surface area (TPSA) is 63.7 Å². The van der Waals surface area contributed by atoms with Gasteiger partial charge in [0.05, 0.1) is 5.92 Å². The van der Waals surface area contributed by atoms with Crippen molar-refractivity contribution in [1.82, 2.24) is 4.90 Å². The lowest BCUT2D eigenvalue weighted by Crippen LogP contribution is -2.33. The van der Waals surface area contributed by atoms with Crippen molar-refractivity contribution < 1.29 is 19.1 Å². The first kappa shape index (κ1) is 14.8. The van der Waals surface area contributed by atoms with Crippen molar-refractivity contribution in [2.75, 3.05) is 6.73 Å². The van der Waals surface area contributed by atoms with Crippen molar-refractivity contribution in [2.45, 2.75) is 40.5 Å². The van der Waals surface area contributed by atoms with Crippen LogP contribution in [0.1, 0.15) is 40.5 Å². The molecule has 5 heteroatoms. The fourth-order valence-electron chi connectivity index (χ4n) is 2.78. The average molecular weight is 279 g/mol. The molecule has 2 amide bonds. The minimum Gasteiger partial charge on any atom is -0.443 e. The largest absolute Gasteiger partial charge is 0.443 e. The van der Waals surface area contributed by atoms with Gasteiger partial charge < -0.3 is 4.74 Å². The zero-order chi connectivity index (χ0) is 15.1. The van der Waals surface area contributed by atoms with E-state index in [0.29, 0.717) is 0 Å². The average Bonchev–Trinajstić information content (AvgIpc) is 2.69. The van der Waals surface area contributed by atoms with E-state index in [4.69, 9.17) is 4.74 Å². The van der Waals surface area contributed by atoms with E-state index in [1.165, 1.54) is 5.57 Å². The van der Waals surface area contributed by atoms with Gasteiger partial charge in [0, 0.05) is 12.8 Å². The first-order valence-electron chi connectivity index (χ1n) is 6.90. The second-order valence-corrected chi connectivity index (χ2v) is 6.38. The molecule has 2 rings (SSSR count). The van der Waals surface area contributed by atoms with Crippen LogP contribution in [0.3, 0.4) is 0 Å². The summed E-state index contributed by atoms with van der Waals surface area (Å²) in [6.45, 7) is 7.80. The maximum Gasteiger partial charge on any atom is 0.311 e. The first-order chi connectivity index (χ1) is 9.25. The highest BCUT2D eigenvalue weighted by molar-refractivity contribution is 6.01. The van der Waals surface area contributed by atoms with Crippen molar-refractivity contribution in [3.05, 3.63) is 11.6 Å². The SMILES string of the molecule is CC(C)=C[C@@H]1[C@@H](C(=O)OCN2C(=O)CCC2=O)C1(C)C. The number of esters is 1. The quantitative estimate of drug-likeness (QED) is 0.448. The van der Waals surface area contributed by atoms with E-state index in [0.717, 1.165) is 4.90 Å². The molecule has 2 fully saturated rings. The normalized spacial score (nSPS) is 27.5. The highest BCUT2D eigenvalue weighted by Gasteiger charge is 2.61. The Hall–Kier alpha value is -1.65. The van der Waals surface area contributed by atoms with Gasteiger partial charge in [0.1, 0.15) is 0 Å². The smallest absolute Gasteiger partial charge is 0.311 e. The molecule has 20 heavy (non-hydrogen) atoms. The van der Waals surface area contributed by atoms with Gasteiger partial charge in [-0.1, -0.05) is 25.5 Å². The molecule has 1 saturated carbocycles. The van der Waals surface area contributed by atoms with Crippen LogP contribution in [0.25, 0.3) is 0 Å². The van der Waals surface area contributed by atoms with Gasteiger partial charge in [-0.25, -0.2) is 4.90 Å². The molecule has 110 valence electrons. The van der Waals surface area contributed by atoms with Crippen molar-refractivity contribution in [3.63, 3.8) is 0 Å². The minimum atomic E-state index is -0.329. The highest BCUT2D eigenvalue weighted by atomic mass is 16.5. The van der Waals surface area contributed by atoms with Crippen LogP contribution >= 0.6 is 0 Å². The number of carbonyl (C=O) groups excluding carboxylic acids is 3. The number of hydrogen-bond donors (Lipinski definition) is 0. The van der Waals surface area contributed by atoms with E-state index in [1.807, 2.05) is 27.7 Å². The van der Waals surface area contributed by atoms with Gasteiger partial charge in [-0.15, -0.1) is 0 Å². The lowest BCUT2D eigenvalue weighted by molar-refractivity contribution is -0.157. The number of ether oxygens (including phenoxy) is 1. The number of amides is 2. The summed E-state index contributed by atoms with van der Waals surface area (Å²) in [5.74, 6) is -0.877. The molecule has 1 saturated heterocycles. The molecule has 1 aliphatic carbocycles. The zero-order valence-electron chi connectivity index (χ0n) is 12.4. The van der Waals surface area contributed by atoms with Gasteiger partial charge in [0.2, 0.25) is 11.8 Å². The number of rotatable bonds is 4. The van der Waals surface area contributed by atoms with E-state index in [1.54, 1.807) is 0 Å². The third-order valence-corrected chi connectivity index (χ3v) is 4.17. The first-order valence-corrected chi connectivity index (χ1v) is 6.90. The second kappa shape index (κ2) is 5.04. The summed E-state index contributed by atoms with van der Waals surface area (Å²) in [5, 5.41) is 0. The fraction of sp³-hybridized carbons (Fsp3) is 0.667. The molecule has 2 atom stereocenters. The Morgan fingerprint density at radius 1 is 1.30 bits per heavy atom. The molecule has 0 N–H and O–H groups in total. The summed E-state index contributed by atoms with van der Waals surface area (Å²) in [4.78, 5) is 35.9. The summed E-state index contributed by atoms with van der Waals surface area (Å²) in [6, 6.07) is 0. The van der Waals surface area contributed by atoms with Gasteiger partial charge in [0.15, 0.2) is 6.73 Å². The summed E-state index contributed by atoms with van der Waals surface area (Å²) in [6.07, 6.45) is 2.51. The lowest BCUT2D eigenvalue weighted by Gasteiger charge is -2.14. The Morgan fingerprint density at radius 2 is 1.85 bits per heavy atom. The third-order valence-electron chi connectivity index (χ3n) is 4.17. The van der Waals surface area contributed by atoms with Crippen LogP contribution < -0.4 is 0 Å².